The average Bonchev–Trinajstić information content (AvgIpc) is 3.10. The van der Waals surface area contributed by atoms with E-state index in [1.54, 1.807) is 22.9 Å². The standard InChI is InChI=1S/C19H23N5O4S/c1-4-28-18-8-6-5-7-15(18)20-19(25)11-12-24-17-10-9-14(13-16(17)21-22-24)29(26,27)23(2)3/h5-10,13H,4,11-12H2,1-3H3,(H,20,25). The molecule has 0 spiro atoms. The fourth-order valence-corrected chi connectivity index (χ4v) is 3.68. The van der Waals surface area contributed by atoms with Crippen molar-refractivity contribution in [3.63, 3.8) is 0 Å². The molecule has 0 radical (unpaired) electrons. The molecule has 2 aromatic carbocycles. The Morgan fingerprint density at radius 1 is 1.21 bits per heavy atom. The van der Waals surface area contributed by atoms with Gasteiger partial charge in [-0.15, -0.1) is 5.10 Å². The number of aryl methyl sites for hydroxylation is 1. The molecule has 3 aromatic rings. The van der Waals surface area contributed by atoms with Crippen LogP contribution in [-0.2, 0) is 21.4 Å². The smallest absolute Gasteiger partial charge is 0.242 e. The van der Waals surface area contributed by atoms with Crippen LogP contribution in [0.25, 0.3) is 11.0 Å². The Hall–Kier alpha value is -2.98. The molecule has 0 aliphatic carbocycles. The molecule has 0 unspecified atom stereocenters. The molecule has 0 saturated heterocycles. The highest BCUT2D eigenvalue weighted by molar-refractivity contribution is 7.89. The molecule has 10 heteroatoms. The lowest BCUT2D eigenvalue weighted by Gasteiger charge is -2.11. The van der Waals surface area contributed by atoms with E-state index >= 15 is 0 Å². The first kappa shape index (κ1) is 20.7. The van der Waals surface area contributed by atoms with Gasteiger partial charge in [-0.3, -0.25) is 4.79 Å². The molecule has 1 heterocycles. The molecule has 0 saturated carbocycles. The minimum absolute atomic E-state index is 0.146. The van der Waals surface area contributed by atoms with Gasteiger partial charge < -0.3 is 10.1 Å². The summed E-state index contributed by atoms with van der Waals surface area (Å²) >= 11 is 0. The number of ether oxygens (including phenoxy) is 1. The van der Waals surface area contributed by atoms with E-state index in [4.69, 9.17) is 4.74 Å². The van der Waals surface area contributed by atoms with Gasteiger partial charge in [-0.1, -0.05) is 17.3 Å². The predicted octanol–water partition coefficient (Wildman–Crippen LogP) is 2.11. The Morgan fingerprint density at radius 2 is 1.97 bits per heavy atom. The minimum atomic E-state index is -3.55. The molecule has 1 amide bonds. The number of carbonyl (C=O) groups excluding carboxylic acids is 1. The molecule has 154 valence electrons. The third kappa shape index (κ3) is 4.54. The molecule has 29 heavy (non-hydrogen) atoms. The maximum absolute atomic E-state index is 12.3. The van der Waals surface area contributed by atoms with Gasteiger partial charge in [0.15, 0.2) is 0 Å². The van der Waals surface area contributed by atoms with Gasteiger partial charge in [0.25, 0.3) is 0 Å². The van der Waals surface area contributed by atoms with Crippen LogP contribution in [0.5, 0.6) is 5.75 Å². The molecular weight excluding hydrogens is 394 g/mol. The second-order valence-corrected chi connectivity index (χ2v) is 8.63. The number of rotatable bonds is 8. The fourth-order valence-electron chi connectivity index (χ4n) is 2.76. The third-order valence-corrected chi connectivity index (χ3v) is 6.09. The summed E-state index contributed by atoms with van der Waals surface area (Å²) in [6.07, 6.45) is 0.177. The largest absolute Gasteiger partial charge is 0.492 e. The highest BCUT2D eigenvalue weighted by atomic mass is 32.2. The van der Waals surface area contributed by atoms with E-state index < -0.39 is 10.0 Å². The number of aromatic nitrogens is 3. The second kappa shape index (κ2) is 8.58. The van der Waals surface area contributed by atoms with Crippen LogP contribution in [-0.4, -0.2) is 54.3 Å². The Labute approximate surface area is 169 Å². The summed E-state index contributed by atoms with van der Waals surface area (Å²) in [5, 5.41) is 10.9. The van der Waals surface area contributed by atoms with Crippen molar-refractivity contribution < 1.29 is 17.9 Å². The van der Waals surface area contributed by atoms with E-state index in [0.717, 1.165) is 4.31 Å². The Kier molecular flexibility index (Phi) is 6.14. The van der Waals surface area contributed by atoms with Crippen LogP contribution in [0.1, 0.15) is 13.3 Å². The van der Waals surface area contributed by atoms with E-state index in [9.17, 15) is 13.2 Å². The van der Waals surface area contributed by atoms with Gasteiger partial charge in [0.05, 0.1) is 29.3 Å². The summed E-state index contributed by atoms with van der Waals surface area (Å²) in [6, 6.07) is 11.9. The van der Waals surface area contributed by atoms with E-state index in [1.165, 1.54) is 26.2 Å². The van der Waals surface area contributed by atoms with Crippen LogP contribution >= 0.6 is 0 Å². The van der Waals surface area contributed by atoms with E-state index in [0.29, 0.717) is 35.6 Å². The maximum atomic E-state index is 12.3. The number of carbonyl (C=O) groups is 1. The summed E-state index contributed by atoms with van der Waals surface area (Å²) in [7, 11) is -0.606. The Bertz CT molecular complexity index is 1120. The fraction of sp³-hybridized carbons (Fsp3) is 0.316. The van der Waals surface area contributed by atoms with Crippen molar-refractivity contribution in [2.24, 2.45) is 0 Å². The van der Waals surface area contributed by atoms with Gasteiger partial charge in [-0.05, 0) is 37.3 Å². The number of fused-ring (bicyclic) bond motifs is 1. The normalized spacial score (nSPS) is 11.7. The first-order valence-corrected chi connectivity index (χ1v) is 10.5. The van der Waals surface area contributed by atoms with Crippen LogP contribution in [0.2, 0.25) is 0 Å². The van der Waals surface area contributed by atoms with Crippen molar-refractivity contribution in [2.45, 2.75) is 24.8 Å². The summed E-state index contributed by atoms with van der Waals surface area (Å²) in [5.41, 5.74) is 1.72. The van der Waals surface area contributed by atoms with Crippen LogP contribution in [0.3, 0.4) is 0 Å². The number of hydrogen-bond acceptors (Lipinski definition) is 6. The molecule has 0 aliphatic rings. The van der Waals surface area contributed by atoms with Crippen molar-refractivity contribution in [1.82, 2.24) is 19.3 Å². The zero-order valence-electron chi connectivity index (χ0n) is 16.5. The number of hydrogen-bond donors (Lipinski definition) is 1. The van der Waals surface area contributed by atoms with Gasteiger partial charge in [0.2, 0.25) is 15.9 Å². The molecule has 0 atom stereocenters. The third-order valence-electron chi connectivity index (χ3n) is 4.28. The van der Waals surface area contributed by atoms with Crippen molar-refractivity contribution in [3.8, 4) is 5.75 Å². The maximum Gasteiger partial charge on any atom is 0.242 e. The quantitative estimate of drug-likeness (QED) is 0.602. The van der Waals surface area contributed by atoms with Gasteiger partial charge in [-0.2, -0.15) is 0 Å². The van der Waals surface area contributed by atoms with Crippen molar-refractivity contribution >= 4 is 32.7 Å². The highest BCUT2D eigenvalue weighted by Crippen LogP contribution is 2.24. The van der Waals surface area contributed by atoms with Gasteiger partial charge in [0.1, 0.15) is 11.3 Å². The molecular formula is C19H23N5O4S. The number of nitrogens with one attached hydrogen (secondary N) is 1. The zero-order chi connectivity index (χ0) is 21.0. The Balaban J connectivity index is 1.71. The van der Waals surface area contributed by atoms with Crippen LogP contribution in [0.4, 0.5) is 5.69 Å². The predicted molar refractivity (Wildman–Crippen MR) is 109 cm³/mol. The van der Waals surface area contributed by atoms with E-state index in [1.807, 2.05) is 19.1 Å². The molecule has 1 aromatic heterocycles. The second-order valence-electron chi connectivity index (χ2n) is 6.48. The van der Waals surface area contributed by atoms with Crippen molar-refractivity contribution in [2.75, 3.05) is 26.0 Å². The Morgan fingerprint density at radius 3 is 2.69 bits per heavy atom. The van der Waals surface area contributed by atoms with Crippen LogP contribution in [0.15, 0.2) is 47.4 Å². The molecule has 0 fully saturated rings. The molecule has 0 aliphatic heterocycles. The van der Waals surface area contributed by atoms with Gasteiger partial charge in [-0.25, -0.2) is 17.4 Å². The highest BCUT2D eigenvalue weighted by Gasteiger charge is 2.19. The monoisotopic (exact) mass is 417 g/mol. The van der Waals surface area contributed by atoms with E-state index in [-0.39, 0.29) is 17.2 Å². The first-order valence-electron chi connectivity index (χ1n) is 9.10. The van der Waals surface area contributed by atoms with Crippen molar-refractivity contribution in [3.05, 3.63) is 42.5 Å². The summed E-state index contributed by atoms with van der Waals surface area (Å²) in [5.74, 6) is 0.428. The van der Waals surface area contributed by atoms with E-state index in [2.05, 4.69) is 15.6 Å². The first-order chi connectivity index (χ1) is 13.8. The van der Waals surface area contributed by atoms with Gasteiger partial charge >= 0.3 is 0 Å². The average molecular weight is 417 g/mol. The lowest BCUT2D eigenvalue weighted by molar-refractivity contribution is -0.116. The lowest BCUT2D eigenvalue weighted by Crippen LogP contribution is -2.22. The molecule has 9 nitrogen and oxygen atoms in total. The number of benzene rings is 2. The number of anilines is 1. The summed E-state index contributed by atoms with van der Waals surface area (Å²) in [6.45, 7) is 2.69. The number of nitrogens with zero attached hydrogens (tertiary/aromatic N) is 4. The lowest BCUT2D eigenvalue weighted by atomic mass is 10.2. The van der Waals surface area contributed by atoms with Crippen LogP contribution in [0, 0.1) is 0 Å². The van der Waals surface area contributed by atoms with Crippen LogP contribution < -0.4 is 10.1 Å². The summed E-state index contributed by atoms with van der Waals surface area (Å²) in [4.78, 5) is 12.5. The molecule has 1 N–H and O–H groups in total. The topological polar surface area (TPSA) is 106 Å². The van der Waals surface area contributed by atoms with Crippen molar-refractivity contribution in [1.29, 1.82) is 0 Å². The minimum Gasteiger partial charge on any atom is -0.492 e. The molecule has 0 bridgehead atoms. The zero-order valence-corrected chi connectivity index (χ0v) is 17.3. The number of sulfonamides is 1. The summed E-state index contributed by atoms with van der Waals surface area (Å²) < 4.78 is 32.7. The number of para-hydroxylation sites is 2. The SMILES string of the molecule is CCOc1ccccc1NC(=O)CCn1nnc2cc(S(=O)(=O)N(C)C)ccc21. The number of amides is 1. The molecule has 3 rings (SSSR count). The van der Waals surface area contributed by atoms with Gasteiger partial charge in [0, 0.05) is 20.5 Å².